The highest BCUT2D eigenvalue weighted by Gasteiger charge is 2.23. The molecule has 152 valence electrons. The number of hydrogen-bond donors (Lipinski definition) is 1. The van der Waals surface area contributed by atoms with Crippen molar-refractivity contribution < 1.29 is 14.4 Å². The molecule has 5 nitrogen and oxygen atoms in total. The van der Waals surface area contributed by atoms with Crippen LogP contribution in [0.2, 0.25) is 0 Å². The lowest BCUT2D eigenvalue weighted by molar-refractivity contribution is 0.229. The number of anilines is 1. The van der Waals surface area contributed by atoms with Crippen LogP contribution < -0.4 is 9.64 Å². The molecule has 1 unspecified atom stereocenters. The monoisotopic (exact) mass is 410 g/mol. The number of aromatic hydroxyl groups is 1. The summed E-state index contributed by atoms with van der Waals surface area (Å²) < 4.78 is 21.5. The summed E-state index contributed by atoms with van der Waals surface area (Å²) in [4.78, 5) is 3.02. The lowest BCUT2D eigenvalue weighted by atomic mass is 9.96. The summed E-state index contributed by atoms with van der Waals surface area (Å²) in [5.74, 6) is 1.09. The Bertz CT molecular complexity index is 964. The van der Waals surface area contributed by atoms with Crippen molar-refractivity contribution in [1.29, 1.82) is 0 Å². The molecule has 0 amide bonds. The summed E-state index contributed by atoms with van der Waals surface area (Å²) >= 11 is 0. The lowest BCUT2D eigenvalue weighted by Gasteiger charge is -2.36. The van der Waals surface area contributed by atoms with Crippen LogP contribution in [0.1, 0.15) is 24.0 Å². The van der Waals surface area contributed by atoms with E-state index >= 15 is 0 Å². The molecule has 29 heavy (non-hydrogen) atoms. The Morgan fingerprint density at radius 3 is 2.55 bits per heavy atom. The normalized spacial score (nSPS) is 17.4. The fraction of sp³-hybridized carbons (Fsp3) is 0.348. The van der Waals surface area contributed by atoms with Crippen molar-refractivity contribution in [2.75, 3.05) is 24.6 Å². The quantitative estimate of drug-likeness (QED) is 0.593. The first-order valence-corrected chi connectivity index (χ1v) is 11.1. The van der Waals surface area contributed by atoms with Gasteiger partial charge in [0, 0.05) is 34.6 Å². The predicted octanol–water partition coefficient (Wildman–Crippen LogP) is 5.09. The molecule has 1 aromatic heterocycles. The highest BCUT2D eigenvalue weighted by molar-refractivity contribution is 7.23. The van der Waals surface area contributed by atoms with E-state index in [0.29, 0.717) is 17.4 Å². The highest BCUT2D eigenvalue weighted by atomic mass is 32.2. The van der Waals surface area contributed by atoms with Crippen molar-refractivity contribution in [1.82, 2.24) is 4.37 Å². The van der Waals surface area contributed by atoms with Crippen LogP contribution in [0.15, 0.2) is 48.5 Å². The molecular weight excluding hydrogens is 384 g/mol. The minimum Gasteiger partial charge on any atom is -0.568 e. The molecule has 2 atom stereocenters. The zero-order valence-electron chi connectivity index (χ0n) is 16.8. The fourth-order valence-corrected chi connectivity index (χ4v) is 5.02. The molecule has 6 heteroatoms. The number of nitrogens with zero attached hydrogens (tertiary/aromatic N) is 2. The fourth-order valence-electron chi connectivity index (χ4n) is 4.15. The summed E-state index contributed by atoms with van der Waals surface area (Å²) in [5.41, 5.74) is 4.80. The largest absolute Gasteiger partial charge is 0.568 e. The van der Waals surface area contributed by atoms with Gasteiger partial charge in [-0.2, -0.15) is 0 Å². The highest BCUT2D eigenvalue weighted by Crippen LogP contribution is 2.34. The van der Waals surface area contributed by atoms with E-state index in [2.05, 4.69) is 41.3 Å². The maximum absolute atomic E-state index is 11.9. The van der Waals surface area contributed by atoms with Crippen molar-refractivity contribution in [3.05, 3.63) is 59.7 Å². The summed E-state index contributed by atoms with van der Waals surface area (Å²) in [6.45, 7) is 7.15. The van der Waals surface area contributed by atoms with Crippen LogP contribution in [-0.4, -0.2) is 33.7 Å². The second-order valence-corrected chi connectivity index (χ2v) is 8.86. The molecular formula is C23H26N2O3S. The molecule has 3 aromatic rings. The third kappa shape index (κ3) is 4.38. The topological polar surface area (TPSA) is 68.7 Å². The van der Waals surface area contributed by atoms with Gasteiger partial charge in [-0.15, -0.1) is 0 Å². The number of aryl methyl sites for hydroxylation is 2. The summed E-state index contributed by atoms with van der Waals surface area (Å²) in [5, 5.41) is 9.40. The SMILES string of the molecule is Cc1cccc(C)c1N1CCC[C@H](COc2ccc(-c3cc(O)n[s+]3[O-])cc2)C1. The van der Waals surface area contributed by atoms with Gasteiger partial charge in [0.15, 0.2) is 0 Å². The molecule has 1 aliphatic heterocycles. The number of para-hydroxylation sites is 1. The van der Waals surface area contributed by atoms with E-state index in [4.69, 9.17) is 4.74 Å². The van der Waals surface area contributed by atoms with E-state index in [1.807, 2.05) is 24.3 Å². The Kier molecular flexibility index (Phi) is 5.74. The number of aromatic nitrogens is 1. The Morgan fingerprint density at radius 1 is 1.17 bits per heavy atom. The summed E-state index contributed by atoms with van der Waals surface area (Å²) in [6.07, 6.45) is 2.34. The van der Waals surface area contributed by atoms with Gasteiger partial charge in [-0.05, 0) is 62.1 Å². The second-order valence-electron chi connectivity index (χ2n) is 7.74. The van der Waals surface area contributed by atoms with Crippen molar-refractivity contribution in [3.63, 3.8) is 0 Å². The number of rotatable bonds is 5. The minimum atomic E-state index is -1.53. The summed E-state index contributed by atoms with van der Waals surface area (Å²) in [7, 11) is -1.53. The van der Waals surface area contributed by atoms with Crippen LogP contribution in [0.3, 0.4) is 0 Å². The number of piperidine rings is 1. The van der Waals surface area contributed by atoms with E-state index < -0.39 is 10.9 Å². The number of ether oxygens (including phenoxy) is 1. The van der Waals surface area contributed by atoms with E-state index in [9.17, 15) is 9.66 Å². The second kappa shape index (κ2) is 8.43. The first-order chi connectivity index (χ1) is 14.0. The third-order valence-electron chi connectivity index (χ3n) is 5.52. The zero-order chi connectivity index (χ0) is 20.4. The Morgan fingerprint density at radius 2 is 1.90 bits per heavy atom. The Hall–Kier alpha value is -2.57. The minimum absolute atomic E-state index is 0.190. The van der Waals surface area contributed by atoms with E-state index in [0.717, 1.165) is 24.4 Å². The van der Waals surface area contributed by atoms with Gasteiger partial charge in [0.25, 0.3) is 5.88 Å². The molecule has 2 aromatic carbocycles. The molecule has 1 aliphatic rings. The molecule has 0 saturated carbocycles. The number of hydrogen-bond acceptors (Lipinski definition) is 5. The van der Waals surface area contributed by atoms with Gasteiger partial charge in [0.05, 0.1) is 23.6 Å². The average Bonchev–Trinajstić information content (AvgIpc) is 3.05. The predicted molar refractivity (Wildman–Crippen MR) is 116 cm³/mol. The lowest BCUT2D eigenvalue weighted by Crippen LogP contribution is -2.38. The first-order valence-electron chi connectivity index (χ1n) is 9.97. The van der Waals surface area contributed by atoms with Crippen LogP contribution in [0.5, 0.6) is 11.6 Å². The van der Waals surface area contributed by atoms with E-state index in [1.54, 1.807) is 0 Å². The number of benzene rings is 2. The van der Waals surface area contributed by atoms with Crippen LogP contribution in [0, 0.1) is 19.8 Å². The molecule has 4 rings (SSSR count). The Labute approximate surface area is 174 Å². The smallest absolute Gasteiger partial charge is 0.270 e. The molecule has 0 bridgehead atoms. The van der Waals surface area contributed by atoms with Crippen LogP contribution >= 0.6 is 10.9 Å². The van der Waals surface area contributed by atoms with Gasteiger partial charge in [-0.3, -0.25) is 0 Å². The summed E-state index contributed by atoms with van der Waals surface area (Å²) in [6, 6.07) is 15.4. The average molecular weight is 411 g/mol. The van der Waals surface area contributed by atoms with Gasteiger partial charge in [0.2, 0.25) is 4.88 Å². The van der Waals surface area contributed by atoms with Crippen molar-refractivity contribution in [2.45, 2.75) is 26.7 Å². The molecule has 2 heterocycles. The molecule has 1 N–H and O–H groups in total. The maximum atomic E-state index is 11.9. The zero-order valence-corrected chi connectivity index (χ0v) is 17.6. The molecule has 0 aliphatic carbocycles. The maximum Gasteiger partial charge on any atom is 0.270 e. The van der Waals surface area contributed by atoms with Gasteiger partial charge in [0.1, 0.15) is 5.75 Å². The van der Waals surface area contributed by atoms with Crippen molar-refractivity contribution in [2.24, 2.45) is 5.92 Å². The van der Waals surface area contributed by atoms with Crippen LogP contribution in [0.25, 0.3) is 10.4 Å². The van der Waals surface area contributed by atoms with Gasteiger partial charge in [-0.25, -0.2) is 0 Å². The van der Waals surface area contributed by atoms with Gasteiger partial charge >= 0.3 is 0 Å². The first kappa shape index (κ1) is 19.7. The standard InChI is InChI=1S/C23H26N2O3S/c1-16-5-3-6-17(2)23(16)25-12-4-7-18(14-25)15-28-20-10-8-19(9-11-20)21-13-22(26)24-29(21)27/h3,5-6,8-11,13,18H,4,7,12,14-15H2,1-2H3,(H,24,26)/t18-,29?/m0/s1. The Balaban J connectivity index is 1.38. The van der Waals surface area contributed by atoms with E-state index in [1.165, 1.54) is 35.7 Å². The molecule has 0 radical (unpaired) electrons. The van der Waals surface area contributed by atoms with Crippen LogP contribution in [-0.2, 0) is 0 Å². The molecule has 1 fully saturated rings. The third-order valence-corrected chi connectivity index (χ3v) is 6.61. The molecule has 0 spiro atoms. The molecule has 1 saturated heterocycles. The van der Waals surface area contributed by atoms with Crippen molar-refractivity contribution >= 4 is 16.6 Å². The van der Waals surface area contributed by atoms with Gasteiger partial charge in [-0.1, -0.05) is 18.2 Å². The van der Waals surface area contributed by atoms with Crippen LogP contribution in [0.4, 0.5) is 5.69 Å². The van der Waals surface area contributed by atoms with E-state index in [-0.39, 0.29) is 5.88 Å². The van der Waals surface area contributed by atoms with Gasteiger partial charge < -0.3 is 19.3 Å². The van der Waals surface area contributed by atoms with Crippen molar-refractivity contribution in [3.8, 4) is 22.1 Å².